The van der Waals surface area contributed by atoms with Crippen molar-refractivity contribution in [2.75, 3.05) is 0 Å². The number of nitrogens with two attached hydrogens (primary N) is 1. The minimum Gasteiger partial charge on any atom is -0.405 e. The van der Waals surface area contributed by atoms with E-state index in [0.29, 0.717) is 0 Å². The fourth-order valence-corrected chi connectivity index (χ4v) is 1.18. The van der Waals surface area contributed by atoms with Crippen LogP contribution >= 0.6 is 12.4 Å². The Morgan fingerprint density at radius 2 is 2.25 bits per heavy atom. The average molecular weight is 186 g/mol. The largest absolute Gasteiger partial charge is 0.405 e. The monoisotopic (exact) mass is 185 g/mol. The lowest BCUT2D eigenvalue weighted by Crippen LogP contribution is -2.11. The molecule has 0 fully saturated rings. The van der Waals surface area contributed by atoms with Crippen LogP contribution in [0.15, 0.2) is 36.1 Å². The highest BCUT2D eigenvalue weighted by Crippen LogP contribution is 2.30. The van der Waals surface area contributed by atoms with E-state index < -0.39 is 0 Å². The van der Waals surface area contributed by atoms with Crippen LogP contribution in [-0.2, 0) is 0 Å². The van der Waals surface area contributed by atoms with E-state index in [1.54, 1.807) is 6.20 Å². The molecule has 1 nitrogen and oxygen atoms in total. The lowest BCUT2D eigenvalue weighted by molar-refractivity contribution is 0.552. The van der Waals surface area contributed by atoms with Crippen LogP contribution in [0.2, 0.25) is 0 Å². The zero-order chi connectivity index (χ0) is 8.32. The van der Waals surface area contributed by atoms with Gasteiger partial charge in [-0.3, -0.25) is 0 Å². The van der Waals surface area contributed by atoms with Gasteiger partial charge in [-0.15, -0.1) is 12.4 Å². The maximum Gasteiger partial charge on any atom is 0.00876 e. The fraction of sp³-hybridized carbons (Fsp3) is 0.400. The Bertz CT molecular complexity index is 228. The fourth-order valence-electron chi connectivity index (χ4n) is 1.18. The maximum atomic E-state index is 5.34. The lowest BCUT2D eigenvalue weighted by atomic mass is 9.82. The Morgan fingerprint density at radius 1 is 1.58 bits per heavy atom. The van der Waals surface area contributed by atoms with Gasteiger partial charge in [0.15, 0.2) is 0 Å². The van der Waals surface area contributed by atoms with Gasteiger partial charge < -0.3 is 5.73 Å². The molecular formula is C10H16ClN. The maximum absolute atomic E-state index is 5.34. The van der Waals surface area contributed by atoms with E-state index >= 15 is 0 Å². The molecule has 0 aromatic carbocycles. The molecule has 0 amide bonds. The second kappa shape index (κ2) is 4.36. The van der Waals surface area contributed by atoms with Crippen molar-refractivity contribution in [3.05, 3.63) is 36.1 Å². The first kappa shape index (κ1) is 11.3. The second-order valence-corrected chi connectivity index (χ2v) is 3.35. The predicted molar refractivity (Wildman–Crippen MR) is 56.2 cm³/mol. The molecule has 0 heterocycles. The Kier molecular flexibility index (Phi) is 4.11. The Balaban J connectivity index is 0.00000121. The SMILES string of the molecule is CC1=CCC(C)(C=CN)C=C1.Cl. The van der Waals surface area contributed by atoms with Crippen LogP contribution in [0.1, 0.15) is 20.3 Å². The van der Waals surface area contributed by atoms with Crippen molar-refractivity contribution in [3.63, 3.8) is 0 Å². The number of allylic oxidation sites excluding steroid dienone is 5. The first-order valence-corrected chi connectivity index (χ1v) is 3.92. The van der Waals surface area contributed by atoms with Gasteiger partial charge in [0, 0.05) is 5.41 Å². The third-order valence-corrected chi connectivity index (χ3v) is 2.07. The van der Waals surface area contributed by atoms with Crippen molar-refractivity contribution < 1.29 is 0 Å². The molecule has 0 saturated carbocycles. The van der Waals surface area contributed by atoms with Gasteiger partial charge >= 0.3 is 0 Å². The van der Waals surface area contributed by atoms with Crippen molar-refractivity contribution in [1.82, 2.24) is 0 Å². The molecular weight excluding hydrogens is 170 g/mol. The summed E-state index contributed by atoms with van der Waals surface area (Å²) < 4.78 is 0. The molecule has 2 N–H and O–H groups in total. The van der Waals surface area contributed by atoms with Crippen LogP contribution in [0.3, 0.4) is 0 Å². The molecule has 1 aliphatic carbocycles. The summed E-state index contributed by atoms with van der Waals surface area (Å²) in [6, 6.07) is 0. The van der Waals surface area contributed by atoms with Crippen LogP contribution < -0.4 is 5.73 Å². The van der Waals surface area contributed by atoms with Crippen LogP contribution in [-0.4, -0.2) is 0 Å². The zero-order valence-electron chi connectivity index (χ0n) is 7.58. The summed E-state index contributed by atoms with van der Waals surface area (Å²) in [5.41, 5.74) is 6.83. The lowest BCUT2D eigenvalue weighted by Gasteiger charge is -2.22. The summed E-state index contributed by atoms with van der Waals surface area (Å²) in [5.74, 6) is 0. The highest BCUT2D eigenvalue weighted by molar-refractivity contribution is 5.85. The third kappa shape index (κ3) is 2.74. The predicted octanol–water partition coefficient (Wildman–Crippen LogP) is 2.79. The number of halogens is 1. The van der Waals surface area contributed by atoms with Gasteiger partial charge in [-0.1, -0.05) is 36.8 Å². The van der Waals surface area contributed by atoms with Gasteiger partial charge in [0.1, 0.15) is 0 Å². The standard InChI is InChI=1S/C10H15N.ClH/c1-9-3-5-10(2,6-4-9)7-8-11;/h3-5,7-8H,6,11H2,1-2H3;1H. The minimum atomic E-state index is 0. The van der Waals surface area contributed by atoms with E-state index in [2.05, 4.69) is 32.1 Å². The topological polar surface area (TPSA) is 26.0 Å². The van der Waals surface area contributed by atoms with Gasteiger partial charge in [0.05, 0.1) is 0 Å². The van der Waals surface area contributed by atoms with Crippen LogP contribution in [0.5, 0.6) is 0 Å². The van der Waals surface area contributed by atoms with Crippen molar-refractivity contribution in [1.29, 1.82) is 0 Å². The summed E-state index contributed by atoms with van der Waals surface area (Å²) in [4.78, 5) is 0. The molecule has 0 saturated heterocycles. The smallest absolute Gasteiger partial charge is 0.00876 e. The highest BCUT2D eigenvalue weighted by atomic mass is 35.5. The zero-order valence-corrected chi connectivity index (χ0v) is 8.40. The van der Waals surface area contributed by atoms with E-state index in [-0.39, 0.29) is 17.8 Å². The van der Waals surface area contributed by atoms with E-state index in [1.807, 2.05) is 6.08 Å². The quantitative estimate of drug-likeness (QED) is 0.668. The molecule has 68 valence electrons. The first-order chi connectivity index (χ1) is 5.16. The Labute approximate surface area is 80.4 Å². The van der Waals surface area contributed by atoms with Gasteiger partial charge in [-0.2, -0.15) is 0 Å². The summed E-state index contributed by atoms with van der Waals surface area (Å²) in [6.07, 6.45) is 11.3. The molecule has 0 radical (unpaired) electrons. The van der Waals surface area contributed by atoms with Crippen molar-refractivity contribution in [3.8, 4) is 0 Å². The second-order valence-electron chi connectivity index (χ2n) is 3.35. The molecule has 1 aliphatic rings. The normalized spacial score (nSPS) is 28.3. The molecule has 1 rings (SSSR count). The Hall–Kier alpha value is -0.690. The molecule has 1 atom stereocenters. The minimum absolute atomic E-state index is 0. The summed E-state index contributed by atoms with van der Waals surface area (Å²) in [7, 11) is 0. The highest BCUT2D eigenvalue weighted by Gasteiger charge is 2.17. The molecule has 0 aromatic rings. The van der Waals surface area contributed by atoms with E-state index in [0.717, 1.165) is 6.42 Å². The van der Waals surface area contributed by atoms with E-state index in [9.17, 15) is 0 Å². The number of rotatable bonds is 1. The van der Waals surface area contributed by atoms with Crippen molar-refractivity contribution in [2.24, 2.45) is 11.1 Å². The summed E-state index contributed by atoms with van der Waals surface area (Å²) in [5, 5.41) is 0. The molecule has 0 aliphatic heterocycles. The molecule has 0 bridgehead atoms. The van der Waals surface area contributed by atoms with E-state index in [4.69, 9.17) is 5.73 Å². The van der Waals surface area contributed by atoms with Crippen molar-refractivity contribution in [2.45, 2.75) is 20.3 Å². The third-order valence-electron chi connectivity index (χ3n) is 2.07. The molecule has 0 aromatic heterocycles. The van der Waals surface area contributed by atoms with Gasteiger partial charge in [-0.25, -0.2) is 0 Å². The summed E-state index contributed by atoms with van der Waals surface area (Å²) in [6.45, 7) is 4.29. The summed E-state index contributed by atoms with van der Waals surface area (Å²) >= 11 is 0. The molecule has 1 unspecified atom stereocenters. The molecule has 0 spiro atoms. The van der Waals surface area contributed by atoms with E-state index in [1.165, 1.54) is 5.57 Å². The van der Waals surface area contributed by atoms with Gasteiger partial charge in [0.25, 0.3) is 0 Å². The van der Waals surface area contributed by atoms with Gasteiger partial charge in [-0.05, 0) is 19.5 Å². The van der Waals surface area contributed by atoms with Crippen molar-refractivity contribution >= 4 is 12.4 Å². The number of hydrogen-bond donors (Lipinski definition) is 1. The first-order valence-electron chi connectivity index (χ1n) is 3.92. The van der Waals surface area contributed by atoms with Crippen LogP contribution in [0.25, 0.3) is 0 Å². The van der Waals surface area contributed by atoms with Crippen LogP contribution in [0.4, 0.5) is 0 Å². The molecule has 12 heavy (non-hydrogen) atoms. The molecule has 2 heteroatoms. The average Bonchev–Trinajstić information content (AvgIpc) is 1.97. The number of hydrogen-bond acceptors (Lipinski definition) is 1. The Morgan fingerprint density at radius 3 is 2.67 bits per heavy atom. The van der Waals surface area contributed by atoms with Gasteiger partial charge in [0.2, 0.25) is 0 Å². The van der Waals surface area contributed by atoms with Crippen LogP contribution in [0, 0.1) is 5.41 Å².